The molecule has 1 aliphatic heterocycles. The van der Waals surface area contributed by atoms with E-state index in [1.165, 1.54) is 49.8 Å². The van der Waals surface area contributed by atoms with Gasteiger partial charge >= 0.3 is 0 Å². The molecule has 1 saturated heterocycles. The molecule has 2 unspecified atom stereocenters. The molecule has 0 saturated carbocycles. The summed E-state index contributed by atoms with van der Waals surface area (Å²) in [7, 11) is 0. The Morgan fingerprint density at radius 1 is 1.24 bits per heavy atom. The van der Waals surface area contributed by atoms with Gasteiger partial charge in [-0.05, 0) is 49.3 Å². The van der Waals surface area contributed by atoms with E-state index in [0.29, 0.717) is 12.0 Å². The fourth-order valence-electron chi connectivity index (χ4n) is 2.60. The topological polar surface area (TPSA) is 12.0 Å². The summed E-state index contributed by atoms with van der Waals surface area (Å²) in [6.45, 7) is 5.76. The van der Waals surface area contributed by atoms with Crippen LogP contribution < -0.4 is 5.32 Å². The highest BCUT2D eigenvalue weighted by Crippen LogP contribution is 2.20. The van der Waals surface area contributed by atoms with E-state index in [9.17, 15) is 0 Å². The zero-order chi connectivity index (χ0) is 12.1. The molecule has 0 amide bonds. The SMILES string of the molecule is CCC(C)c1ccc(CC2CCCCN2)cc1. The maximum absolute atomic E-state index is 3.62. The molecule has 1 aromatic carbocycles. The second kappa shape index (κ2) is 6.20. The van der Waals surface area contributed by atoms with E-state index < -0.39 is 0 Å². The van der Waals surface area contributed by atoms with Crippen LogP contribution in [0.25, 0.3) is 0 Å². The molecule has 94 valence electrons. The summed E-state index contributed by atoms with van der Waals surface area (Å²) in [5, 5.41) is 3.62. The van der Waals surface area contributed by atoms with Crippen molar-refractivity contribution in [2.75, 3.05) is 6.54 Å². The summed E-state index contributed by atoms with van der Waals surface area (Å²) in [6.07, 6.45) is 6.50. The quantitative estimate of drug-likeness (QED) is 0.829. The Balaban J connectivity index is 1.93. The Hall–Kier alpha value is -0.820. The van der Waals surface area contributed by atoms with Gasteiger partial charge in [-0.2, -0.15) is 0 Å². The van der Waals surface area contributed by atoms with Crippen molar-refractivity contribution >= 4 is 0 Å². The van der Waals surface area contributed by atoms with Gasteiger partial charge in [0.05, 0.1) is 0 Å². The summed E-state index contributed by atoms with van der Waals surface area (Å²) >= 11 is 0. The Bertz CT molecular complexity index is 322. The number of hydrogen-bond acceptors (Lipinski definition) is 1. The van der Waals surface area contributed by atoms with Gasteiger partial charge in [-0.25, -0.2) is 0 Å². The van der Waals surface area contributed by atoms with Crippen molar-refractivity contribution < 1.29 is 0 Å². The molecule has 1 nitrogen and oxygen atoms in total. The smallest absolute Gasteiger partial charge is 0.0107 e. The van der Waals surface area contributed by atoms with Gasteiger partial charge < -0.3 is 5.32 Å². The van der Waals surface area contributed by atoms with Gasteiger partial charge in [0.2, 0.25) is 0 Å². The second-order valence-corrected chi connectivity index (χ2v) is 5.40. The minimum Gasteiger partial charge on any atom is -0.314 e. The number of benzene rings is 1. The standard InChI is InChI=1S/C16H25N/c1-3-13(2)15-9-7-14(8-10-15)12-16-6-4-5-11-17-16/h7-10,13,16-17H,3-6,11-12H2,1-2H3. The molecule has 1 N–H and O–H groups in total. The molecule has 1 aliphatic rings. The molecule has 1 heterocycles. The van der Waals surface area contributed by atoms with Gasteiger partial charge in [0.1, 0.15) is 0 Å². The lowest BCUT2D eigenvalue weighted by Crippen LogP contribution is -2.35. The summed E-state index contributed by atoms with van der Waals surface area (Å²) < 4.78 is 0. The molecule has 2 atom stereocenters. The van der Waals surface area contributed by atoms with Crippen LogP contribution in [0.5, 0.6) is 0 Å². The first-order valence-corrected chi connectivity index (χ1v) is 7.12. The highest BCUT2D eigenvalue weighted by molar-refractivity contribution is 5.25. The average molecular weight is 231 g/mol. The van der Waals surface area contributed by atoms with Gasteiger partial charge in [0.25, 0.3) is 0 Å². The van der Waals surface area contributed by atoms with E-state index in [0.717, 1.165) is 0 Å². The highest BCUT2D eigenvalue weighted by Gasteiger charge is 2.12. The van der Waals surface area contributed by atoms with Crippen LogP contribution in [-0.4, -0.2) is 12.6 Å². The Morgan fingerprint density at radius 2 is 2.00 bits per heavy atom. The van der Waals surface area contributed by atoms with E-state index in [1.54, 1.807) is 0 Å². The molecule has 1 aromatic rings. The molecule has 0 radical (unpaired) electrons. The Morgan fingerprint density at radius 3 is 2.59 bits per heavy atom. The predicted molar refractivity (Wildman–Crippen MR) is 74.5 cm³/mol. The van der Waals surface area contributed by atoms with Crippen LogP contribution in [0.3, 0.4) is 0 Å². The lowest BCUT2D eigenvalue weighted by atomic mass is 9.94. The van der Waals surface area contributed by atoms with Crippen molar-refractivity contribution in [1.82, 2.24) is 5.32 Å². The summed E-state index contributed by atoms with van der Waals surface area (Å²) in [5.41, 5.74) is 2.96. The third kappa shape index (κ3) is 3.57. The highest BCUT2D eigenvalue weighted by atomic mass is 14.9. The van der Waals surface area contributed by atoms with Crippen molar-refractivity contribution in [2.45, 2.75) is 57.9 Å². The fraction of sp³-hybridized carbons (Fsp3) is 0.625. The van der Waals surface area contributed by atoms with Gasteiger partial charge in [0.15, 0.2) is 0 Å². The molecule has 0 aliphatic carbocycles. The van der Waals surface area contributed by atoms with Crippen molar-refractivity contribution in [2.24, 2.45) is 0 Å². The lowest BCUT2D eigenvalue weighted by Gasteiger charge is -2.23. The molecule has 0 bridgehead atoms. The lowest BCUT2D eigenvalue weighted by molar-refractivity contribution is 0.399. The number of piperidine rings is 1. The first kappa shape index (κ1) is 12.6. The second-order valence-electron chi connectivity index (χ2n) is 5.40. The minimum absolute atomic E-state index is 0.692. The molecule has 1 fully saturated rings. The summed E-state index contributed by atoms with van der Waals surface area (Å²) in [6, 6.07) is 9.96. The van der Waals surface area contributed by atoms with Crippen LogP contribution in [-0.2, 0) is 6.42 Å². The zero-order valence-electron chi connectivity index (χ0n) is 11.2. The summed E-state index contributed by atoms with van der Waals surface area (Å²) in [5.74, 6) is 0.692. The summed E-state index contributed by atoms with van der Waals surface area (Å²) in [4.78, 5) is 0. The van der Waals surface area contributed by atoms with Crippen LogP contribution in [0, 0.1) is 0 Å². The molecule has 2 rings (SSSR count). The normalized spacial score (nSPS) is 22.4. The van der Waals surface area contributed by atoms with Gasteiger partial charge in [0, 0.05) is 6.04 Å². The first-order chi connectivity index (χ1) is 8.29. The predicted octanol–water partition coefficient (Wildman–Crippen LogP) is 3.88. The minimum atomic E-state index is 0.692. The molecule has 0 aromatic heterocycles. The molecular formula is C16H25N. The van der Waals surface area contributed by atoms with Gasteiger partial charge in [-0.3, -0.25) is 0 Å². The van der Waals surface area contributed by atoms with Crippen LogP contribution in [0.15, 0.2) is 24.3 Å². The molecule has 17 heavy (non-hydrogen) atoms. The van der Waals surface area contributed by atoms with Crippen molar-refractivity contribution in [3.8, 4) is 0 Å². The largest absolute Gasteiger partial charge is 0.314 e. The maximum atomic E-state index is 3.62. The van der Waals surface area contributed by atoms with Gasteiger partial charge in [-0.1, -0.05) is 44.5 Å². The van der Waals surface area contributed by atoms with E-state index in [1.807, 2.05) is 0 Å². The number of nitrogens with one attached hydrogen (secondary N) is 1. The first-order valence-electron chi connectivity index (χ1n) is 7.12. The molecule has 1 heteroatoms. The Kier molecular flexibility index (Phi) is 4.61. The third-order valence-corrected chi connectivity index (χ3v) is 4.06. The number of hydrogen-bond donors (Lipinski definition) is 1. The molecular weight excluding hydrogens is 206 g/mol. The van der Waals surface area contributed by atoms with E-state index in [4.69, 9.17) is 0 Å². The third-order valence-electron chi connectivity index (χ3n) is 4.06. The maximum Gasteiger partial charge on any atom is 0.0107 e. The van der Waals surface area contributed by atoms with Crippen LogP contribution >= 0.6 is 0 Å². The number of rotatable bonds is 4. The average Bonchev–Trinajstić information content (AvgIpc) is 2.40. The van der Waals surface area contributed by atoms with Crippen LogP contribution in [0.2, 0.25) is 0 Å². The van der Waals surface area contributed by atoms with E-state index in [-0.39, 0.29) is 0 Å². The fourth-order valence-corrected chi connectivity index (χ4v) is 2.60. The zero-order valence-corrected chi connectivity index (χ0v) is 11.2. The van der Waals surface area contributed by atoms with Crippen molar-refractivity contribution in [3.63, 3.8) is 0 Å². The monoisotopic (exact) mass is 231 g/mol. The van der Waals surface area contributed by atoms with Crippen molar-refractivity contribution in [1.29, 1.82) is 0 Å². The van der Waals surface area contributed by atoms with E-state index >= 15 is 0 Å². The van der Waals surface area contributed by atoms with Crippen LogP contribution in [0.4, 0.5) is 0 Å². The van der Waals surface area contributed by atoms with Crippen LogP contribution in [0.1, 0.15) is 56.6 Å². The molecule has 0 spiro atoms. The Labute approximate surface area is 106 Å². The van der Waals surface area contributed by atoms with Gasteiger partial charge in [-0.15, -0.1) is 0 Å². The van der Waals surface area contributed by atoms with Crippen molar-refractivity contribution in [3.05, 3.63) is 35.4 Å². The van der Waals surface area contributed by atoms with E-state index in [2.05, 4.69) is 43.4 Å².